The summed E-state index contributed by atoms with van der Waals surface area (Å²) in [5, 5.41) is 10.2. The maximum absolute atomic E-state index is 12.6. The lowest BCUT2D eigenvalue weighted by molar-refractivity contribution is -0.161. The van der Waals surface area contributed by atoms with Crippen LogP contribution >= 0.6 is 7.82 Å². The molecule has 0 bridgehead atoms. The molecule has 0 aliphatic rings. The highest BCUT2D eigenvalue weighted by Gasteiger charge is 2.26. The third-order valence-corrected chi connectivity index (χ3v) is 9.54. The van der Waals surface area contributed by atoms with Crippen molar-refractivity contribution in [1.29, 1.82) is 0 Å². The lowest BCUT2D eigenvalue weighted by atomic mass is 10.1. The van der Waals surface area contributed by atoms with Crippen LogP contribution in [0, 0.1) is 0 Å². The standard InChI is InChI=1S/C47H78NO9P/c1-3-5-7-9-11-13-15-17-18-19-20-21-22-24-26-28-30-32-34-38-47(51)57-45(43-56-58(52,53)55-41-40-48)42-54-46(50)39-35-37-44(49)36-33-31-29-27-25-23-16-14-12-10-8-6-4-2/h5,7,11,13,17-18,20-21,23-26,29,31,33,36,44-45,49H,3-4,6,8-10,12,14-16,19,22,27-28,30,32,34-35,37-43,48H2,1-2H3,(H,52,53)/b7-5-,13-11-,18-17-,21-20-,25-23+,26-24-,31-29+,36-33+/t44?,45-/m1/s1. The molecule has 0 saturated heterocycles. The van der Waals surface area contributed by atoms with Crippen LogP contribution in [-0.2, 0) is 32.7 Å². The van der Waals surface area contributed by atoms with Gasteiger partial charge in [-0.1, -0.05) is 150 Å². The molecule has 0 radical (unpaired) electrons. The molecule has 58 heavy (non-hydrogen) atoms. The summed E-state index contributed by atoms with van der Waals surface area (Å²) in [5.41, 5.74) is 5.33. The quantitative estimate of drug-likeness (QED) is 0.0179. The van der Waals surface area contributed by atoms with E-state index in [0.29, 0.717) is 19.3 Å². The van der Waals surface area contributed by atoms with Crippen molar-refractivity contribution in [3.05, 3.63) is 97.2 Å². The van der Waals surface area contributed by atoms with Gasteiger partial charge in [-0.15, -0.1) is 0 Å². The van der Waals surface area contributed by atoms with Gasteiger partial charge in [-0.3, -0.25) is 18.6 Å². The second kappa shape index (κ2) is 42.0. The topological polar surface area (TPSA) is 155 Å². The number of ether oxygens (including phenoxy) is 2. The Labute approximate surface area is 351 Å². The highest BCUT2D eigenvalue weighted by Crippen LogP contribution is 2.43. The van der Waals surface area contributed by atoms with E-state index in [1.807, 2.05) is 12.2 Å². The Morgan fingerprint density at radius 1 is 0.621 bits per heavy atom. The van der Waals surface area contributed by atoms with Gasteiger partial charge < -0.3 is 25.2 Å². The number of carbonyl (C=O) groups is 2. The number of unbranched alkanes of at least 4 members (excludes halogenated alkanes) is 9. The Morgan fingerprint density at radius 3 is 1.76 bits per heavy atom. The van der Waals surface area contributed by atoms with Gasteiger partial charge in [0.05, 0.1) is 19.3 Å². The first-order chi connectivity index (χ1) is 28.2. The van der Waals surface area contributed by atoms with Crippen LogP contribution in [0.3, 0.4) is 0 Å². The molecule has 4 N–H and O–H groups in total. The Kier molecular flexibility index (Phi) is 39.8. The zero-order chi connectivity index (χ0) is 42.6. The predicted octanol–water partition coefficient (Wildman–Crippen LogP) is 11.6. The summed E-state index contributed by atoms with van der Waals surface area (Å²) >= 11 is 0. The zero-order valence-corrected chi connectivity index (χ0v) is 36.7. The summed E-state index contributed by atoms with van der Waals surface area (Å²) in [5.74, 6) is -1.07. The maximum atomic E-state index is 12.6. The number of aliphatic hydroxyl groups excluding tert-OH is 1. The van der Waals surface area contributed by atoms with E-state index in [0.717, 1.165) is 64.2 Å². The molecule has 0 aliphatic heterocycles. The molecule has 3 atom stereocenters. The van der Waals surface area contributed by atoms with Crippen molar-refractivity contribution in [2.24, 2.45) is 5.73 Å². The first kappa shape index (κ1) is 54.9. The van der Waals surface area contributed by atoms with Gasteiger partial charge in [-0.2, -0.15) is 0 Å². The van der Waals surface area contributed by atoms with E-state index >= 15 is 0 Å². The van der Waals surface area contributed by atoms with Crippen LogP contribution in [0.2, 0.25) is 0 Å². The molecule has 0 aliphatic carbocycles. The highest BCUT2D eigenvalue weighted by atomic mass is 31.2. The summed E-state index contributed by atoms with van der Waals surface area (Å²) in [6.45, 7) is 3.33. The number of aliphatic hydroxyl groups is 1. The maximum Gasteiger partial charge on any atom is 0.472 e. The average molecular weight is 832 g/mol. The normalized spacial score (nSPS) is 14.8. The molecule has 11 heteroatoms. The summed E-state index contributed by atoms with van der Waals surface area (Å²) in [6.07, 6.45) is 50.4. The molecule has 0 spiro atoms. The Balaban J connectivity index is 4.42. The van der Waals surface area contributed by atoms with Gasteiger partial charge in [-0.05, 0) is 83.5 Å². The van der Waals surface area contributed by atoms with Crippen molar-refractivity contribution in [3.8, 4) is 0 Å². The van der Waals surface area contributed by atoms with E-state index in [2.05, 4.69) is 86.8 Å². The monoisotopic (exact) mass is 832 g/mol. The van der Waals surface area contributed by atoms with E-state index in [-0.39, 0.29) is 32.6 Å². The van der Waals surface area contributed by atoms with Gasteiger partial charge in [0, 0.05) is 19.4 Å². The third-order valence-electron chi connectivity index (χ3n) is 8.56. The van der Waals surface area contributed by atoms with Crippen molar-refractivity contribution >= 4 is 19.8 Å². The second-order valence-electron chi connectivity index (χ2n) is 14.0. The fourth-order valence-corrected chi connectivity index (χ4v) is 6.08. The Morgan fingerprint density at radius 2 is 1.16 bits per heavy atom. The number of phosphoric ester groups is 1. The molecule has 0 saturated carbocycles. The van der Waals surface area contributed by atoms with Crippen LogP contribution in [0.5, 0.6) is 0 Å². The van der Waals surface area contributed by atoms with E-state index in [1.54, 1.807) is 12.2 Å². The number of hydrogen-bond donors (Lipinski definition) is 3. The molecule has 0 rings (SSSR count). The lowest BCUT2D eigenvalue weighted by Gasteiger charge is -2.20. The van der Waals surface area contributed by atoms with Crippen molar-refractivity contribution in [2.45, 2.75) is 161 Å². The van der Waals surface area contributed by atoms with E-state index in [9.17, 15) is 24.2 Å². The molecule has 0 aromatic heterocycles. The molecular formula is C47H78NO9P. The van der Waals surface area contributed by atoms with Crippen LogP contribution in [-0.4, -0.2) is 60.5 Å². The van der Waals surface area contributed by atoms with Gasteiger partial charge in [0.25, 0.3) is 0 Å². The van der Waals surface area contributed by atoms with Gasteiger partial charge in [0.1, 0.15) is 6.61 Å². The van der Waals surface area contributed by atoms with Crippen LogP contribution in [0.1, 0.15) is 149 Å². The molecule has 0 aromatic carbocycles. The number of phosphoric acid groups is 1. The van der Waals surface area contributed by atoms with Crippen LogP contribution in [0.15, 0.2) is 97.2 Å². The molecule has 10 nitrogen and oxygen atoms in total. The minimum atomic E-state index is -4.44. The van der Waals surface area contributed by atoms with Gasteiger partial charge in [-0.25, -0.2) is 4.57 Å². The number of rotatable bonds is 39. The first-order valence-corrected chi connectivity index (χ1v) is 23.3. The first-order valence-electron chi connectivity index (χ1n) is 21.8. The van der Waals surface area contributed by atoms with Crippen LogP contribution in [0.25, 0.3) is 0 Å². The average Bonchev–Trinajstić information content (AvgIpc) is 3.20. The number of allylic oxidation sites excluding steroid dienone is 15. The number of hydrogen-bond acceptors (Lipinski definition) is 9. The van der Waals surface area contributed by atoms with Crippen LogP contribution < -0.4 is 5.73 Å². The highest BCUT2D eigenvalue weighted by molar-refractivity contribution is 7.47. The predicted molar refractivity (Wildman–Crippen MR) is 239 cm³/mol. The van der Waals surface area contributed by atoms with Crippen molar-refractivity contribution < 1.29 is 42.7 Å². The van der Waals surface area contributed by atoms with Crippen molar-refractivity contribution in [3.63, 3.8) is 0 Å². The fourth-order valence-electron chi connectivity index (χ4n) is 5.32. The summed E-state index contributed by atoms with van der Waals surface area (Å²) < 4.78 is 32.6. The number of nitrogens with two attached hydrogens (primary N) is 1. The Hall–Kier alpha value is -3.11. The molecular weight excluding hydrogens is 753 g/mol. The smallest absolute Gasteiger partial charge is 0.462 e. The van der Waals surface area contributed by atoms with Crippen molar-refractivity contribution in [1.82, 2.24) is 0 Å². The minimum Gasteiger partial charge on any atom is -0.462 e. The Bertz CT molecular complexity index is 1280. The van der Waals surface area contributed by atoms with E-state index in [1.165, 1.54) is 38.5 Å². The largest absolute Gasteiger partial charge is 0.472 e. The zero-order valence-electron chi connectivity index (χ0n) is 35.8. The van der Waals surface area contributed by atoms with Crippen molar-refractivity contribution in [2.75, 3.05) is 26.4 Å². The summed E-state index contributed by atoms with van der Waals surface area (Å²) in [6, 6.07) is 0. The molecule has 0 heterocycles. The molecule has 2 unspecified atom stereocenters. The third kappa shape index (κ3) is 41.1. The minimum absolute atomic E-state index is 0.0171. The molecule has 0 fully saturated rings. The molecule has 0 amide bonds. The SMILES string of the molecule is CC/C=C\C/C=C\C/C=C\C/C=C\C/C=C\CCCCCC(=O)O[C@H](COC(=O)CCCC(O)/C=C/C=C/C/C=C/CCCCCCCC)COP(=O)(O)OCCN. The van der Waals surface area contributed by atoms with Gasteiger partial charge >= 0.3 is 19.8 Å². The molecule has 330 valence electrons. The fraction of sp³-hybridized carbons (Fsp3) is 0.617. The van der Waals surface area contributed by atoms with Crippen LogP contribution in [0.4, 0.5) is 0 Å². The van der Waals surface area contributed by atoms with Gasteiger partial charge in [0.15, 0.2) is 6.10 Å². The number of esters is 2. The van der Waals surface area contributed by atoms with E-state index in [4.69, 9.17) is 24.3 Å². The van der Waals surface area contributed by atoms with Gasteiger partial charge in [0.2, 0.25) is 0 Å². The number of carbonyl (C=O) groups excluding carboxylic acids is 2. The summed E-state index contributed by atoms with van der Waals surface area (Å²) in [4.78, 5) is 34.9. The summed E-state index contributed by atoms with van der Waals surface area (Å²) in [7, 11) is -4.44. The second-order valence-corrected chi connectivity index (χ2v) is 15.5. The molecule has 0 aromatic rings. The van der Waals surface area contributed by atoms with E-state index < -0.39 is 38.6 Å². The lowest BCUT2D eigenvalue weighted by Crippen LogP contribution is -2.29.